The fourth-order valence-electron chi connectivity index (χ4n) is 3.10. The largest absolute Gasteiger partial charge is 0.493 e. The Morgan fingerprint density at radius 3 is 2.48 bits per heavy atom. The Morgan fingerprint density at radius 1 is 1.10 bits per heavy atom. The molecule has 0 radical (unpaired) electrons. The number of methoxy groups -OCH3 is 1. The molecule has 1 amide bonds. The maximum absolute atomic E-state index is 12.3. The van der Waals surface area contributed by atoms with E-state index in [1.807, 2.05) is 18.2 Å². The minimum Gasteiger partial charge on any atom is -0.493 e. The van der Waals surface area contributed by atoms with E-state index in [4.69, 9.17) is 9.47 Å². The summed E-state index contributed by atoms with van der Waals surface area (Å²) >= 11 is 0. The summed E-state index contributed by atoms with van der Waals surface area (Å²) in [6, 6.07) is 14.8. The van der Waals surface area contributed by atoms with Crippen molar-refractivity contribution in [1.82, 2.24) is 5.32 Å². The number of hydrogen-bond acceptors (Lipinski definition) is 4. The Morgan fingerprint density at radius 2 is 1.84 bits per heavy atom. The van der Waals surface area contributed by atoms with Gasteiger partial charge in [0.25, 0.3) is 0 Å². The van der Waals surface area contributed by atoms with Gasteiger partial charge in [0.2, 0.25) is 5.91 Å². The lowest BCUT2D eigenvalue weighted by atomic mass is 10.1. The predicted molar refractivity (Wildman–Crippen MR) is 115 cm³/mol. The van der Waals surface area contributed by atoms with Gasteiger partial charge in [0.15, 0.2) is 18.1 Å². The number of benzene rings is 2. The van der Waals surface area contributed by atoms with Crippen LogP contribution >= 0.6 is 0 Å². The number of ether oxygens (including phenoxy) is 2. The highest BCUT2D eigenvalue weighted by atomic mass is 19.4. The molecule has 2 rings (SSSR count). The number of nitrogens with one attached hydrogen (secondary N) is 1. The van der Waals surface area contributed by atoms with E-state index in [0.29, 0.717) is 13.0 Å². The zero-order chi connectivity index (χ0) is 22.7. The maximum Gasteiger partial charge on any atom is 0.422 e. The second-order valence-electron chi connectivity index (χ2n) is 7.01. The molecule has 31 heavy (non-hydrogen) atoms. The molecule has 0 atom stereocenters. The molecular formula is C23H29F3N2O3. The van der Waals surface area contributed by atoms with Gasteiger partial charge in [-0.25, -0.2) is 0 Å². The van der Waals surface area contributed by atoms with E-state index >= 15 is 0 Å². The molecule has 0 aliphatic carbocycles. The second-order valence-corrected chi connectivity index (χ2v) is 7.01. The molecule has 0 aliphatic heterocycles. The smallest absolute Gasteiger partial charge is 0.422 e. The lowest BCUT2D eigenvalue weighted by Crippen LogP contribution is -2.30. The molecule has 8 heteroatoms. The van der Waals surface area contributed by atoms with Gasteiger partial charge in [-0.2, -0.15) is 13.2 Å². The summed E-state index contributed by atoms with van der Waals surface area (Å²) in [6.07, 6.45) is -2.86. The summed E-state index contributed by atoms with van der Waals surface area (Å²) in [6.45, 7) is 3.03. The number of alkyl halides is 3. The van der Waals surface area contributed by atoms with Crippen LogP contribution in [0.4, 0.5) is 18.9 Å². The number of aryl methyl sites for hydroxylation is 1. The van der Waals surface area contributed by atoms with Gasteiger partial charge in [-0.05, 0) is 49.6 Å². The third-order valence-electron chi connectivity index (χ3n) is 4.69. The topological polar surface area (TPSA) is 50.8 Å². The minimum atomic E-state index is -4.42. The quantitative estimate of drug-likeness (QED) is 0.492. The number of anilines is 1. The van der Waals surface area contributed by atoms with Crippen LogP contribution in [0.15, 0.2) is 48.5 Å². The van der Waals surface area contributed by atoms with Crippen LogP contribution in [0, 0.1) is 0 Å². The van der Waals surface area contributed by atoms with Gasteiger partial charge in [0.1, 0.15) is 0 Å². The normalized spacial score (nSPS) is 11.1. The van der Waals surface area contributed by atoms with Gasteiger partial charge < -0.3 is 19.7 Å². The molecule has 2 aromatic rings. The summed E-state index contributed by atoms with van der Waals surface area (Å²) in [5.41, 5.74) is 1.94. The summed E-state index contributed by atoms with van der Waals surface area (Å²) in [5, 5.41) is 2.91. The third-order valence-corrected chi connectivity index (χ3v) is 4.69. The lowest BCUT2D eigenvalue weighted by molar-refractivity contribution is -0.153. The highest BCUT2D eigenvalue weighted by molar-refractivity contribution is 5.76. The molecule has 0 fully saturated rings. The zero-order valence-electron chi connectivity index (χ0n) is 17.9. The summed E-state index contributed by atoms with van der Waals surface area (Å²) in [4.78, 5) is 14.4. The molecule has 1 N–H and O–H groups in total. The Labute approximate surface area is 181 Å². The van der Waals surface area contributed by atoms with Gasteiger partial charge >= 0.3 is 6.18 Å². The van der Waals surface area contributed by atoms with E-state index < -0.39 is 12.8 Å². The van der Waals surface area contributed by atoms with Crippen LogP contribution in [0.2, 0.25) is 0 Å². The molecule has 0 saturated heterocycles. The van der Waals surface area contributed by atoms with Crippen molar-refractivity contribution in [3.05, 3.63) is 54.1 Å². The number of nitrogens with zero attached hydrogens (tertiary/aromatic N) is 1. The molecule has 0 bridgehead atoms. The molecule has 0 spiro atoms. The monoisotopic (exact) mass is 438 g/mol. The maximum atomic E-state index is 12.3. The first-order valence-corrected chi connectivity index (χ1v) is 10.3. The number of halogens is 3. The van der Waals surface area contributed by atoms with Gasteiger partial charge in [-0.3, -0.25) is 4.79 Å². The Balaban J connectivity index is 1.74. The minimum absolute atomic E-state index is 0.0203. The van der Waals surface area contributed by atoms with E-state index in [0.717, 1.165) is 30.8 Å². The SMILES string of the molecule is CCN(CCCNC(=O)CCc1ccc(OCC(F)(F)F)c(OC)c1)c1ccccc1. The predicted octanol–water partition coefficient (Wildman–Crippen LogP) is 4.60. The zero-order valence-corrected chi connectivity index (χ0v) is 17.9. The molecule has 170 valence electrons. The van der Waals surface area contributed by atoms with Gasteiger partial charge in [0, 0.05) is 31.7 Å². The molecule has 0 aromatic heterocycles. The van der Waals surface area contributed by atoms with Gasteiger partial charge in [-0.15, -0.1) is 0 Å². The van der Waals surface area contributed by atoms with E-state index in [1.54, 1.807) is 12.1 Å². The average molecular weight is 438 g/mol. The van der Waals surface area contributed by atoms with Crippen LogP contribution in [0.1, 0.15) is 25.3 Å². The van der Waals surface area contributed by atoms with Crippen LogP contribution < -0.4 is 19.7 Å². The van der Waals surface area contributed by atoms with Crippen molar-refractivity contribution in [2.24, 2.45) is 0 Å². The fraction of sp³-hybridized carbons (Fsp3) is 0.435. The molecule has 0 heterocycles. The fourth-order valence-corrected chi connectivity index (χ4v) is 3.10. The van der Waals surface area contributed by atoms with Crippen LogP contribution in [-0.4, -0.2) is 45.4 Å². The van der Waals surface area contributed by atoms with E-state index in [-0.39, 0.29) is 23.8 Å². The van der Waals surface area contributed by atoms with E-state index in [1.165, 1.54) is 13.2 Å². The van der Waals surface area contributed by atoms with Crippen LogP contribution in [-0.2, 0) is 11.2 Å². The number of carbonyl (C=O) groups is 1. The lowest BCUT2D eigenvalue weighted by Gasteiger charge is -2.23. The van der Waals surface area contributed by atoms with Crippen LogP contribution in [0.3, 0.4) is 0 Å². The highest BCUT2D eigenvalue weighted by Crippen LogP contribution is 2.30. The Hall–Kier alpha value is -2.90. The van der Waals surface area contributed by atoms with Crippen molar-refractivity contribution in [3.63, 3.8) is 0 Å². The van der Waals surface area contributed by atoms with Gasteiger partial charge in [0.05, 0.1) is 7.11 Å². The Kier molecular flexibility index (Phi) is 9.49. The van der Waals surface area contributed by atoms with Crippen molar-refractivity contribution < 1.29 is 27.4 Å². The Bertz CT molecular complexity index is 813. The van der Waals surface area contributed by atoms with Crippen molar-refractivity contribution in [2.75, 3.05) is 38.3 Å². The first-order chi connectivity index (χ1) is 14.8. The molecular weight excluding hydrogens is 409 g/mol. The third kappa shape index (κ3) is 8.78. The van der Waals surface area contributed by atoms with Crippen molar-refractivity contribution in [3.8, 4) is 11.5 Å². The van der Waals surface area contributed by atoms with E-state index in [9.17, 15) is 18.0 Å². The number of carbonyl (C=O) groups excluding carboxylic acids is 1. The van der Waals surface area contributed by atoms with Crippen LogP contribution in [0.5, 0.6) is 11.5 Å². The molecule has 0 saturated carbocycles. The molecule has 0 unspecified atom stereocenters. The first-order valence-electron chi connectivity index (χ1n) is 10.3. The highest BCUT2D eigenvalue weighted by Gasteiger charge is 2.29. The number of rotatable bonds is 12. The van der Waals surface area contributed by atoms with Crippen molar-refractivity contribution in [2.45, 2.75) is 32.4 Å². The number of amides is 1. The first kappa shape index (κ1) is 24.4. The van der Waals surface area contributed by atoms with Crippen molar-refractivity contribution in [1.29, 1.82) is 0 Å². The number of para-hydroxylation sites is 1. The molecule has 0 aliphatic rings. The van der Waals surface area contributed by atoms with Gasteiger partial charge in [-0.1, -0.05) is 24.3 Å². The average Bonchev–Trinajstić information content (AvgIpc) is 2.76. The summed E-state index contributed by atoms with van der Waals surface area (Å²) < 4.78 is 46.9. The van der Waals surface area contributed by atoms with Crippen molar-refractivity contribution >= 4 is 11.6 Å². The summed E-state index contributed by atoms with van der Waals surface area (Å²) in [7, 11) is 1.36. The van der Waals surface area contributed by atoms with Crippen LogP contribution in [0.25, 0.3) is 0 Å². The second kappa shape index (κ2) is 12.1. The number of hydrogen-bond donors (Lipinski definition) is 1. The molecule has 2 aromatic carbocycles. The standard InChI is InChI=1S/C23H29F3N2O3/c1-3-28(19-8-5-4-6-9-19)15-7-14-27-22(29)13-11-18-10-12-20(21(16-18)30-2)31-17-23(24,25)26/h4-6,8-10,12,16H,3,7,11,13-15,17H2,1-2H3,(H,27,29). The summed E-state index contributed by atoms with van der Waals surface area (Å²) in [5.74, 6) is 0.161. The molecule has 5 nitrogen and oxygen atoms in total. The van der Waals surface area contributed by atoms with E-state index in [2.05, 4.69) is 29.3 Å².